The normalized spacial score (nSPS) is 10.9. The molecule has 16 heavy (non-hydrogen) atoms. The van der Waals surface area contributed by atoms with Gasteiger partial charge in [0.1, 0.15) is 11.3 Å². The molecule has 0 fully saturated rings. The van der Waals surface area contributed by atoms with Crippen molar-refractivity contribution in [1.82, 2.24) is 0 Å². The Morgan fingerprint density at radius 1 is 1.44 bits per heavy atom. The predicted molar refractivity (Wildman–Crippen MR) is 50.2 cm³/mol. The molecular formula is C10H7F3O3. The number of carboxylic acid groups (broad SMARTS) is 1. The zero-order valence-corrected chi connectivity index (χ0v) is 7.91. The zero-order chi connectivity index (χ0) is 12.3. The van der Waals surface area contributed by atoms with E-state index < -0.39 is 23.6 Å². The first kappa shape index (κ1) is 12.1. The Morgan fingerprint density at radius 2 is 2.06 bits per heavy atom. The second kappa shape index (κ2) is 4.26. The van der Waals surface area contributed by atoms with Crippen molar-refractivity contribution in [3.8, 4) is 5.75 Å². The minimum atomic E-state index is -4.93. The van der Waals surface area contributed by atoms with Crippen molar-refractivity contribution >= 4 is 12.0 Å². The van der Waals surface area contributed by atoms with Gasteiger partial charge in [0.15, 0.2) is 0 Å². The Morgan fingerprint density at radius 3 is 2.50 bits per heavy atom. The number of carbonyl (C=O) groups is 1. The number of carboxylic acids is 1. The molecule has 0 amide bonds. The summed E-state index contributed by atoms with van der Waals surface area (Å²) < 4.78 is 39.5. The number of ether oxygens (including phenoxy) is 1. The lowest BCUT2D eigenvalue weighted by Crippen LogP contribution is -2.19. The highest BCUT2D eigenvalue weighted by molar-refractivity contribution is 5.91. The average Bonchev–Trinajstić information content (AvgIpc) is 2.14. The summed E-state index contributed by atoms with van der Waals surface area (Å²) in [5, 5.41) is 8.65. The molecule has 0 aliphatic heterocycles. The number of alkyl halides is 3. The Bertz CT molecular complexity index is 424. The lowest BCUT2D eigenvalue weighted by molar-refractivity contribution is -0.274. The standard InChI is InChI=1S/C10H7F3O3/c1-2-6-3-4-7(9(14)15)8(5-6)16-10(11,12)13/h2-5H,1H2,(H,14,15). The topological polar surface area (TPSA) is 46.5 Å². The van der Waals surface area contributed by atoms with Gasteiger partial charge >= 0.3 is 12.3 Å². The van der Waals surface area contributed by atoms with E-state index >= 15 is 0 Å². The Balaban J connectivity index is 3.20. The van der Waals surface area contributed by atoms with Gasteiger partial charge in [-0.3, -0.25) is 0 Å². The maximum atomic E-state index is 12.0. The first-order valence-electron chi connectivity index (χ1n) is 4.09. The Hall–Kier alpha value is -1.98. The van der Waals surface area contributed by atoms with Gasteiger partial charge in [-0.25, -0.2) is 4.79 Å². The van der Waals surface area contributed by atoms with Crippen LogP contribution < -0.4 is 4.74 Å². The van der Waals surface area contributed by atoms with E-state index in [1.807, 2.05) is 0 Å². The molecule has 0 aliphatic carbocycles. The van der Waals surface area contributed by atoms with E-state index in [2.05, 4.69) is 11.3 Å². The fraction of sp³-hybridized carbons (Fsp3) is 0.100. The molecule has 1 aromatic carbocycles. The van der Waals surface area contributed by atoms with Crippen LogP contribution in [0.15, 0.2) is 24.8 Å². The van der Waals surface area contributed by atoms with E-state index in [0.29, 0.717) is 5.56 Å². The second-order valence-corrected chi connectivity index (χ2v) is 2.81. The van der Waals surface area contributed by atoms with Crippen molar-refractivity contribution in [2.75, 3.05) is 0 Å². The molecule has 0 radical (unpaired) electrons. The molecule has 6 heteroatoms. The van der Waals surface area contributed by atoms with Gasteiger partial charge in [-0.15, -0.1) is 13.2 Å². The van der Waals surface area contributed by atoms with Crippen LogP contribution in [0.5, 0.6) is 5.75 Å². The highest BCUT2D eigenvalue weighted by Gasteiger charge is 2.33. The molecule has 0 saturated carbocycles. The van der Waals surface area contributed by atoms with Crippen LogP contribution in [0, 0.1) is 0 Å². The van der Waals surface area contributed by atoms with Gasteiger partial charge in [-0.1, -0.05) is 18.7 Å². The van der Waals surface area contributed by atoms with Gasteiger partial charge in [-0.2, -0.15) is 0 Å². The molecule has 0 atom stereocenters. The van der Waals surface area contributed by atoms with Gasteiger partial charge in [0.05, 0.1) is 0 Å². The van der Waals surface area contributed by atoms with Gasteiger partial charge in [0.2, 0.25) is 0 Å². The zero-order valence-electron chi connectivity index (χ0n) is 7.91. The first-order valence-corrected chi connectivity index (χ1v) is 4.09. The Kier molecular flexibility index (Phi) is 3.22. The van der Waals surface area contributed by atoms with Crippen LogP contribution in [0.2, 0.25) is 0 Å². The molecule has 0 heterocycles. The quantitative estimate of drug-likeness (QED) is 0.871. The number of halogens is 3. The van der Waals surface area contributed by atoms with Gasteiger partial charge < -0.3 is 9.84 Å². The molecule has 0 aliphatic rings. The highest BCUT2D eigenvalue weighted by atomic mass is 19.4. The van der Waals surface area contributed by atoms with Gasteiger partial charge in [0, 0.05) is 0 Å². The number of hydrogen-bond acceptors (Lipinski definition) is 2. The van der Waals surface area contributed by atoms with E-state index in [1.165, 1.54) is 12.1 Å². The molecule has 0 aromatic heterocycles. The number of hydrogen-bond donors (Lipinski definition) is 1. The molecule has 0 spiro atoms. The van der Waals surface area contributed by atoms with Crippen molar-refractivity contribution in [2.45, 2.75) is 6.36 Å². The summed E-state index contributed by atoms with van der Waals surface area (Å²) in [6.45, 7) is 3.36. The van der Waals surface area contributed by atoms with Crippen molar-refractivity contribution in [1.29, 1.82) is 0 Å². The molecule has 0 bridgehead atoms. The number of benzene rings is 1. The molecule has 0 saturated heterocycles. The van der Waals surface area contributed by atoms with Crippen LogP contribution in [-0.4, -0.2) is 17.4 Å². The van der Waals surface area contributed by atoms with Crippen LogP contribution in [0.25, 0.3) is 6.08 Å². The summed E-state index contributed by atoms with van der Waals surface area (Å²) >= 11 is 0. The van der Waals surface area contributed by atoms with Crippen molar-refractivity contribution in [3.63, 3.8) is 0 Å². The molecule has 3 nitrogen and oxygen atoms in total. The smallest absolute Gasteiger partial charge is 0.478 e. The largest absolute Gasteiger partial charge is 0.573 e. The van der Waals surface area contributed by atoms with E-state index in [1.54, 1.807) is 0 Å². The highest BCUT2D eigenvalue weighted by Crippen LogP contribution is 2.27. The minimum Gasteiger partial charge on any atom is -0.478 e. The lowest BCUT2D eigenvalue weighted by Gasteiger charge is -2.11. The number of aromatic carboxylic acids is 1. The summed E-state index contributed by atoms with van der Waals surface area (Å²) in [7, 11) is 0. The monoisotopic (exact) mass is 232 g/mol. The molecule has 1 rings (SSSR count). The molecule has 86 valence electrons. The summed E-state index contributed by atoms with van der Waals surface area (Å²) in [6.07, 6.45) is -3.64. The number of rotatable bonds is 3. The van der Waals surface area contributed by atoms with E-state index in [9.17, 15) is 18.0 Å². The third kappa shape index (κ3) is 3.01. The van der Waals surface area contributed by atoms with E-state index in [0.717, 1.165) is 12.1 Å². The summed E-state index contributed by atoms with van der Waals surface area (Å²) in [4.78, 5) is 10.6. The SMILES string of the molecule is C=Cc1ccc(C(=O)O)c(OC(F)(F)F)c1. The van der Waals surface area contributed by atoms with Crippen LogP contribution in [0.3, 0.4) is 0 Å². The fourth-order valence-corrected chi connectivity index (χ4v) is 1.05. The first-order chi connectivity index (χ1) is 7.33. The average molecular weight is 232 g/mol. The third-order valence-corrected chi connectivity index (χ3v) is 1.70. The third-order valence-electron chi connectivity index (χ3n) is 1.70. The lowest BCUT2D eigenvalue weighted by atomic mass is 10.1. The summed E-state index contributed by atoms with van der Waals surface area (Å²) in [6, 6.07) is 3.32. The molecule has 1 aromatic rings. The summed E-state index contributed by atoms with van der Waals surface area (Å²) in [5.41, 5.74) is -0.216. The van der Waals surface area contributed by atoms with E-state index in [4.69, 9.17) is 5.11 Å². The molecular weight excluding hydrogens is 225 g/mol. The van der Waals surface area contributed by atoms with Gasteiger partial charge in [-0.05, 0) is 17.7 Å². The second-order valence-electron chi connectivity index (χ2n) is 2.81. The predicted octanol–water partition coefficient (Wildman–Crippen LogP) is 2.93. The minimum absolute atomic E-state index is 0.337. The van der Waals surface area contributed by atoms with Crippen LogP contribution in [-0.2, 0) is 0 Å². The van der Waals surface area contributed by atoms with Crippen LogP contribution >= 0.6 is 0 Å². The maximum absolute atomic E-state index is 12.0. The molecule has 0 unspecified atom stereocenters. The van der Waals surface area contributed by atoms with Crippen LogP contribution in [0.1, 0.15) is 15.9 Å². The summed E-state index contributed by atoms with van der Waals surface area (Å²) in [5.74, 6) is -2.24. The fourth-order valence-electron chi connectivity index (χ4n) is 1.05. The van der Waals surface area contributed by atoms with E-state index in [-0.39, 0.29) is 0 Å². The van der Waals surface area contributed by atoms with Gasteiger partial charge in [0.25, 0.3) is 0 Å². The van der Waals surface area contributed by atoms with Crippen LogP contribution in [0.4, 0.5) is 13.2 Å². The van der Waals surface area contributed by atoms with Crippen molar-refractivity contribution in [3.05, 3.63) is 35.9 Å². The molecule has 1 N–H and O–H groups in total. The maximum Gasteiger partial charge on any atom is 0.573 e. The van der Waals surface area contributed by atoms with Crippen molar-refractivity contribution in [2.24, 2.45) is 0 Å². The Labute approximate surface area is 88.8 Å². The van der Waals surface area contributed by atoms with Crippen molar-refractivity contribution < 1.29 is 27.8 Å².